The maximum Gasteiger partial charge on any atom is 0.265 e. The summed E-state index contributed by atoms with van der Waals surface area (Å²) in [5.41, 5.74) is 1.73. The lowest BCUT2D eigenvalue weighted by molar-refractivity contribution is -0.122. The molecule has 0 bridgehead atoms. The molecule has 5 heteroatoms. The van der Waals surface area contributed by atoms with Gasteiger partial charge in [-0.15, -0.1) is 0 Å². The normalized spacial score (nSPS) is 25.4. The summed E-state index contributed by atoms with van der Waals surface area (Å²) in [5.74, 6) is 1.18. The van der Waals surface area contributed by atoms with Crippen LogP contribution in [0.15, 0.2) is 18.2 Å². The van der Waals surface area contributed by atoms with Crippen LogP contribution < -0.4 is 15.4 Å². The lowest BCUT2D eigenvalue weighted by Crippen LogP contribution is -2.34. The van der Waals surface area contributed by atoms with Gasteiger partial charge in [0.25, 0.3) is 5.91 Å². The molecule has 1 amide bonds. The highest BCUT2D eigenvalue weighted by Crippen LogP contribution is 2.32. The average Bonchev–Trinajstić information content (AvgIpc) is 2.47. The van der Waals surface area contributed by atoms with E-state index in [1.807, 2.05) is 18.2 Å². The number of hydrogen-bond acceptors (Lipinski definition) is 4. The van der Waals surface area contributed by atoms with Crippen molar-refractivity contribution in [1.82, 2.24) is 0 Å². The molecular weight excluding hydrogens is 256 g/mol. The molecule has 0 radical (unpaired) electrons. The minimum absolute atomic E-state index is 0.102. The van der Waals surface area contributed by atoms with Gasteiger partial charge in [0.1, 0.15) is 5.75 Å². The molecule has 5 nitrogen and oxygen atoms in total. The maximum atomic E-state index is 11.6. The van der Waals surface area contributed by atoms with Gasteiger partial charge in [0.05, 0.1) is 12.3 Å². The van der Waals surface area contributed by atoms with Crippen LogP contribution in [0.2, 0.25) is 0 Å². The second-order valence-corrected chi connectivity index (χ2v) is 5.42. The molecule has 2 N–H and O–H groups in total. The largest absolute Gasteiger partial charge is 0.479 e. The Kier molecular flexibility index (Phi) is 3.78. The molecule has 108 valence electrons. The predicted octanol–water partition coefficient (Wildman–Crippen LogP) is 2.24. The number of amides is 1. The molecular formula is C15H20N2O3. The first-order valence-corrected chi connectivity index (χ1v) is 7.15. The van der Waals surface area contributed by atoms with E-state index in [4.69, 9.17) is 9.47 Å². The summed E-state index contributed by atoms with van der Waals surface area (Å²) in [4.78, 5) is 11.6. The van der Waals surface area contributed by atoms with E-state index in [1.54, 1.807) is 6.92 Å². The number of carbonyl (C=O) groups is 1. The van der Waals surface area contributed by atoms with E-state index < -0.39 is 6.10 Å². The monoisotopic (exact) mass is 276 g/mol. The van der Waals surface area contributed by atoms with E-state index in [2.05, 4.69) is 10.6 Å². The van der Waals surface area contributed by atoms with E-state index in [0.717, 1.165) is 43.3 Å². The van der Waals surface area contributed by atoms with Crippen molar-refractivity contribution in [2.75, 3.05) is 30.4 Å². The number of benzene rings is 1. The smallest absolute Gasteiger partial charge is 0.265 e. The number of hydrogen-bond donors (Lipinski definition) is 2. The molecule has 0 aromatic heterocycles. The van der Waals surface area contributed by atoms with E-state index in [9.17, 15) is 4.79 Å². The molecule has 2 aliphatic rings. The number of carbonyl (C=O) groups excluding carboxylic acids is 1. The van der Waals surface area contributed by atoms with Gasteiger partial charge >= 0.3 is 0 Å². The highest BCUT2D eigenvalue weighted by Gasteiger charge is 2.23. The Hall–Kier alpha value is -1.75. The van der Waals surface area contributed by atoms with Gasteiger partial charge in [-0.3, -0.25) is 4.79 Å². The van der Waals surface area contributed by atoms with Crippen LogP contribution in [-0.4, -0.2) is 31.8 Å². The van der Waals surface area contributed by atoms with Crippen molar-refractivity contribution in [2.45, 2.75) is 25.9 Å². The fourth-order valence-corrected chi connectivity index (χ4v) is 2.55. The second-order valence-electron chi connectivity index (χ2n) is 5.42. The summed E-state index contributed by atoms with van der Waals surface area (Å²) in [6.45, 7) is 4.35. The maximum absolute atomic E-state index is 11.6. The molecule has 2 heterocycles. The molecule has 2 aliphatic heterocycles. The molecule has 0 spiro atoms. The van der Waals surface area contributed by atoms with Crippen LogP contribution >= 0.6 is 0 Å². The lowest BCUT2D eigenvalue weighted by Gasteiger charge is -2.25. The van der Waals surface area contributed by atoms with Crippen molar-refractivity contribution in [2.24, 2.45) is 5.92 Å². The zero-order valence-electron chi connectivity index (χ0n) is 11.6. The molecule has 20 heavy (non-hydrogen) atoms. The van der Waals surface area contributed by atoms with E-state index >= 15 is 0 Å². The summed E-state index contributed by atoms with van der Waals surface area (Å²) in [5, 5.41) is 6.26. The summed E-state index contributed by atoms with van der Waals surface area (Å²) in [7, 11) is 0. The van der Waals surface area contributed by atoms with Crippen molar-refractivity contribution in [3.63, 3.8) is 0 Å². The van der Waals surface area contributed by atoms with E-state index in [-0.39, 0.29) is 5.91 Å². The van der Waals surface area contributed by atoms with Gasteiger partial charge in [0.2, 0.25) is 0 Å². The molecule has 1 aromatic carbocycles. The highest BCUT2D eigenvalue weighted by atomic mass is 16.5. The zero-order chi connectivity index (χ0) is 13.9. The minimum Gasteiger partial charge on any atom is -0.479 e. The Morgan fingerprint density at radius 2 is 2.35 bits per heavy atom. The Bertz CT molecular complexity index is 498. The van der Waals surface area contributed by atoms with Crippen LogP contribution in [0.1, 0.15) is 19.8 Å². The number of anilines is 2. The van der Waals surface area contributed by atoms with Crippen LogP contribution in [0.5, 0.6) is 5.75 Å². The standard InChI is InChI=1S/C15H20N2O3/c1-10-15(18)17-13-7-12(4-5-14(13)20-10)16-8-11-3-2-6-19-9-11/h4-5,7,10-11,16H,2-3,6,8-9H2,1H3,(H,17,18). The first-order chi connectivity index (χ1) is 9.72. The Morgan fingerprint density at radius 3 is 3.15 bits per heavy atom. The third-order valence-electron chi connectivity index (χ3n) is 3.76. The van der Waals surface area contributed by atoms with Crippen molar-refractivity contribution in [3.8, 4) is 5.75 Å². The van der Waals surface area contributed by atoms with Crippen LogP contribution in [0.25, 0.3) is 0 Å². The van der Waals surface area contributed by atoms with Crippen molar-refractivity contribution in [3.05, 3.63) is 18.2 Å². The molecule has 0 aliphatic carbocycles. The third kappa shape index (κ3) is 2.88. The zero-order valence-corrected chi connectivity index (χ0v) is 11.6. The number of ether oxygens (including phenoxy) is 2. The number of fused-ring (bicyclic) bond motifs is 1. The quantitative estimate of drug-likeness (QED) is 0.889. The van der Waals surface area contributed by atoms with Crippen molar-refractivity contribution in [1.29, 1.82) is 0 Å². The summed E-state index contributed by atoms with van der Waals surface area (Å²) in [6, 6.07) is 5.79. The van der Waals surface area contributed by atoms with Crippen LogP contribution in [0.3, 0.4) is 0 Å². The molecule has 0 saturated carbocycles. The van der Waals surface area contributed by atoms with Gasteiger partial charge in [0, 0.05) is 18.8 Å². The molecule has 2 unspecified atom stereocenters. The lowest BCUT2D eigenvalue weighted by atomic mass is 10.0. The van der Waals surface area contributed by atoms with Crippen molar-refractivity contribution >= 4 is 17.3 Å². The van der Waals surface area contributed by atoms with Gasteiger partial charge < -0.3 is 20.1 Å². The van der Waals surface area contributed by atoms with Crippen molar-refractivity contribution < 1.29 is 14.3 Å². The average molecular weight is 276 g/mol. The van der Waals surface area contributed by atoms with E-state index in [1.165, 1.54) is 6.42 Å². The van der Waals surface area contributed by atoms with Gasteiger partial charge in [-0.25, -0.2) is 0 Å². The second kappa shape index (κ2) is 5.71. The van der Waals surface area contributed by atoms with Gasteiger partial charge in [-0.05, 0) is 43.9 Å². The minimum atomic E-state index is -0.430. The fourth-order valence-electron chi connectivity index (χ4n) is 2.55. The Labute approximate surface area is 118 Å². The number of nitrogens with one attached hydrogen (secondary N) is 2. The van der Waals surface area contributed by atoms with Crippen LogP contribution in [-0.2, 0) is 9.53 Å². The van der Waals surface area contributed by atoms with Gasteiger partial charge in [-0.2, -0.15) is 0 Å². The molecule has 3 rings (SSSR count). The van der Waals surface area contributed by atoms with Gasteiger partial charge in [-0.1, -0.05) is 0 Å². The topological polar surface area (TPSA) is 59.6 Å². The predicted molar refractivity (Wildman–Crippen MR) is 77.2 cm³/mol. The summed E-state index contributed by atoms with van der Waals surface area (Å²) >= 11 is 0. The molecule has 1 saturated heterocycles. The Balaban J connectivity index is 1.63. The summed E-state index contributed by atoms with van der Waals surface area (Å²) in [6.07, 6.45) is 1.91. The van der Waals surface area contributed by atoms with Gasteiger partial charge in [0.15, 0.2) is 6.10 Å². The molecule has 2 atom stereocenters. The van der Waals surface area contributed by atoms with Crippen LogP contribution in [0, 0.1) is 5.92 Å². The Morgan fingerprint density at radius 1 is 1.45 bits per heavy atom. The highest BCUT2D eigenvalue weighted by molar-refractivity contribution is 5.98. The third-order valence-corrected chi connectivity index (χ3v) is 3.76. The molecule has 1 fully saturated rings. The number of rotatable bonds is 3. The molecule has 1 aromatic rings. The first kappa shape index (κ1) is 13.2. The van der Waals surface area contributed by atoms with Crippen LogP contribution in [0.4, 0.5) is 11.4 Å². The SMILES string of the molecule is CC1Oc2ccc(NCC3CCCOC3)cc2NC1=O. The summed E-state index contributed by atoms with van der Waals surface area (Å²) < 4.78 is 11.0. The fraction of sp³-hybridized carbons (Fsp3) is 0.533. The first-order valence-electron chi connectivity index (χ1n) is 7.15. The van der Waals surface area contributed by atoms with E-state index in [0.29, 0.717) is 5.92 Å².